The summed E-state index contributed by atoms with van der Waals surface area (Å²) in [6, 6.07) is 7.27. The number of hydrogen-bond donors (Lipinski definition) is 1. The number of hydrogen-bond acceptors (Lipinski definition) is 2. The van der Waals surface area contributed by atoms with Crippen LogP contribution in [-0.4, -0.2) is 10.8 Å². The first kappa shape index (κ1) is 8.05. The van der Waals surface area contributed by atoms with E-state index in [9.17, 15) is 5.11 Å². The molecule has 0 atom stereocenters. The van der Waals surface area contributed by atoms with Gasteiger partial charge in [-0.3, -0.25) is 4.99 Å². The Kier molecular flexibility index (Phi) is 1.89. The molecule has 1 heterocycles. The molecule has 13 heavy (non-hydrogen) atoms. The molecule has 2 nitrogen and oxygen atoms in total. The minimum atomic E-state index is 0.308. The molecule has 0 amide bonds. The summed E-state index contributed by atoms with van der Waals surface area (Å²) in [5, 5.41) is 9.27. The average Bonchev–Trinajstić information content (AvgIpc) is 2.52. The summed E-state index contributed by atoms with van der Waals surface area (Å²) in [5.41, 5.74) is 3.35. The summed E-state index contributed by atoms with van der Waals surface area (Å²) in [6.07, 6.45) is 2.76. The van der Waals surface area contributed by atoms with Gasteiger partial charge in [-0.25, -0.2) is 0 Å². The van der Waals surface area contributed by atoms with Crippen molar-refractivity contribution in [2.45, 2.75) is 13.3 Å². The van der Waals surface area contributed by atoms with Crippen LogP contribution in [0.25, 0.3) is 5.57 Å². The van der Waals surface area contributed by atoms with E-state index in [-0.39, 0.29) is 0 Å². The lowest BCUT2D eigenvalue weighted by atomic mass is 10.0. The summed E-state index contributed by atoms with van der Waals surface area (Å²) in [5.74, 6) is 0.308. The van der Waals surface area contributed by atoms with E-state index in [1.807, 2.05) is 25.3 Å². The molecular formula is C11H11NO. The smallest absolute Gasteiger partial charge is 0.116 e. The normalized spacial score (nSPS) is 15.5. The minimum absolute atomic E-state index is 0.308. The summed E-state index contributed by atoms with van der Waals surface area (Å²) in [6.45, 7) is 2.01. The molecule has 1 aliphatic heterocycles. The topological polar surface area (TPSA) is 32.6 Å². The highest BCUT2D eigenvalue weighted by Crippen LogP contribution is 2.25. The maximum absolute atomic E-state index is 9.27. The summed E-state index contributed by atoms with van der Waals surface area (Å²) >= 11 is 0. The Labute approximate surface area is 77.3 Å². The number of benzene rings is 1. The molecule has 0 radical (unpaired) electrons. The van der Waals surface area contributed by atoms with Crippen LogP contribution in [0, 0.1) is 0 Å². The van der Waals surface area contributed by atoms with Gasteiger partial charge in [0.15, 0.2) is 0 Å². The molecule has 0 aromatic heterocycles. The third-order valence-electron chi connectivity index (χ3n) is 2.10. The Morgan fingerprint density at radius 2 is 2.23 bits per heavy atom. The average molecular weight is 173 g/mol. The second kappa shape index (κ2) is 3.05. The van der Waals surface area contributed by atoms with Crippen LogP contribution < -0.4 is 0 Å². The van der Waals surface area contributed by atoms with Crippen LogP contribution in [0.2, 0.25) is 0 Å². The summed E-state index contributed by atoms with van der Waals surface area (Å²) in [4.78, 5) is 4.20. The van der Waals surface area contributed by atoms with Gasteiger partial charge in [0.1, 0.15) is 5.75 Å². The number of phenols is 1. The van der Waals surface area contributed by atoms with Crippen LogP contribution >= 0.6 is 0 Å². The Bertz CT molecular complexity index is 391. The monoisotopic (exact) mass is 173 g/mol. The third kappa shape index (κ3) is 1.61. The highest BCUT2D eigenvalue weighted by Gasteiger charge is 2.08. The number of aromatic hydroxyl groups is 1. The molecule has 1 aromatic carbocycles. The Balaban J connectivity index is 2.29. The van der Waals surface area contributed by atoms with E-state index in [2.05, 4.69) is 4.99 Å². The number of aliphatic imine (C=N–C) groups is 1. The Morgan fingerprint density at radius 3 is 2.85 bits per heavy atom. The fourth-order valence-electron chi connectivity index (χ4n) is 1.44. The molecule has 0 aliphatic carbocycles. The van der Waals surface area contributed by atoms with Crippen LogP contribution in [0.3, 0.4) is 0 Å². The van der Waals surface area contributed by atoms with E-state index >= 15 is 0 Å². The lowest BCUT2D eigenvalue weighted by molar-refractivity contribution is 0.475. The van der Waals surface area contributed by atoms with Crippen molar-refractivity contribution in [2.75, 3.05) is 0 Å². The van der Waals surface area contributed by atoms with Crippen molar-refractivity contribution in [3.05, 3.63) is 36.0 Å². The zero-order chi connectivity index (χ0) is 9.26. The SMILES string of the molecule is CC1=NC=C(c2cccc(O)c2)C1. The number of allylic oxidation sites excluding steroid dienone is 1. The Morgan fingerprint density at radius 1 is 1.38 bits per heavy atom. The second-order valence-electron chi connectivity index (χ2n) is 3.25. The van der Waals surface area contributed by atoms with E-state index in [4.69, 9.17) is 0 Å². The molecule has 1 aliphatic rings. The first-order valence-corrected chi connectivity index (χ1v) is 4.27. The molecule has 0 fully saturated rings. The van der Waals surface area contributed by atoms with Gasteiger partial charge < -0.3 is 5.11 Å². The number of nitrogens with zero attached hydrogens (tertiary/aromatic N) is 1. The van der Waals surface area contributed by atoms with Gasteiger partial charge >= 0.3 is 0 Å². The third-order valence-corrected chi connectivity index (χ3v) is 2.10. The number of rotatable bonds is 1. The van der Waals surface area contributed by atoms with Gasteiger partial charge in [0, 0.05) is 18.3 Å². The summed E-state index contributed by atoms with van der Waals surface area (Å²) in [7, 11) is 0. The standard InChI is InChI=1S/C11H11NO/c1-8-5-10(7-12-8)9-3-2-4-11(13)6-9/h2-4,6-7,13H,5H2,1H3. The molecule has 2 rings (SSSR count). The molecular weight excluding hydrogens is 162 g/mol. The van der Waals surface area contributed by atoms with Gasteiger partial charge in [0.2, 0.25) is 0 Å². The second-order valence-corrected chi connectivity index (χ2v) is 3.25. The minimum Gasteiger partial charge on any atom is -0.508 e. The molecule has 66 valence electrons. The van der Waals surface area contributed by atoms with Gasteiger partial charge in [-0.1, -0.05) is 12.1 Å². The van der Waals surface area contributed by atoms with Crippen molar-refractivity contribution >= 4 is 11.3 Å². The lowest BCUT2D eigenvalue weighted by Gasteiger charge is -2.01. The molecule has 0 saturated heterocycles. The fraction of sp³-hybridized carbons (Fsp3) is 0.182. The van der Waals surface area contributed by atoms with Crippen LogP contribution in [0.15, 0.2) is 35.5 Å². The van der Waals surface area contributed by atoms with Gasteiger partial charge in [-0.15, -0.1) is 0 Å². The van der Waals surface area contributed by atoms with Crippen molar-refractivity contribution in [2.24, 2.45) is 4.99 Å². The molecule has 1 N–H and O–H groups in total. The van der Waals surface area contributed by atoms with E-state index in [1.165, 1.54) is 5.57 Å². The maximum Gasteiger partial charge on any atom is 0.116 e. The maximum atomic E-state index is 9.27. The van der Waals surface area contributed by atoms with Crippen molar-refractivity contribution < 1.29 is 5.11 Å². The van der Waals surface area contributed by atoms with Crippen molar-refractivity contribution in [3.8, 4) is 5.75 Å². The van der Waals surface area contributed by atoms with Crippen LogP contribution in [0.5, 0.6) is 5.75 Å². The first-order valence-electron chi connectivity index (χ1n) is 4.27. The predicted octanol–water partition coefficient (Wildman–Crippen LogP) is 2.60. The quantitative estimate of drug-likeness (QED) is 0.695. The van der Waals surface area contributed by atoms with Gasteiger partial charge in [0.25, 0.3) is 0 Å². The molecule has 0 spiro atoms. The lowest BCUT2D eigenvalue weighted by Crippen LogP contribution is -1.87. The van der Waals surface area contributed by atoms with Crippen molar-refractivity contribution in [3.63, 3.8) is 0 Å². The van der Waals surface area contributed by atoms with Crippen LogP contribution in [0.1, 0.15) is 18.9 Å². The molecule has 1 aromatic rings. The highest BCUT2D eigenvalue weighted by atomic mass is 16.3. The van der Waals surface area contributed by atoms with Gasteiger partial charge in [-0.2, -0.15) is 0 Å². The van der Waals surface area contributed by atoms with E-state index < -0.39 is 0 Å². The van der Waals surface area contributed by atoms with Gasteiger partial charge in [-0.05, 0) is 30.2 Å². The largest absolute Gasteiger partial charge is 0.508 e. The Hall–Kier alpha value is -1.57. The van der Waals surface area contributed by atoms with E-state index in [1.54, 1.807) is 12.1 Å². The molecule has 0 bridgehead atoms. The molecule has 2 heteroatoms. The van der Waals surface area contributed by atoms with Gasteiger partial charge in [0.05, 0.1) is 0 Å². The van der Waals surface area contributed by atoms with Crippen molar-refractivity contribution in [1.29, 1.82) is 0 Å². The van der Waals surface area contributed by atoms with Crippen LogP contribution in [0.4, 0.5) is 0 Å². The fourth-order valence-corrected chi connectivity index (χ4v) is 1.44. The number of phenolic OH excluding ortho intramolecular Hbond substituents is 1. The van der Waals surface area contributed by atoms with Crippen molar-refractivity contribution in [1.82, 2.24) is 0 Å². The first-order chi connectivity index (χ1) is 6.25. The summed E-state index contributed by atoms with van der Waals surface area (Å²) < 4.78 is 0. The molecule has 0 saturated carbocycles. The highest BCUT2D eigenvalue weighted by molar-refractivity contribution is 5.96. The van der Waals surface area contributed by atoms with Crippen LogP contribution in [-0.2, 0) is 0 Å². The zero-order valence-electron chi connectivity index (χ0n) is 7.49. The van der Waals surface area contributed by atoms with E-state index in [0.717, 1.165) is 17.7 Å². The molecule has 0 unspecified atom stereocenters. The van der Waals surface area contributed by atoms with E-state index in [0.29, 0.717) is 5.75 Å². The zero-order valence-corrected chi connectivity index (χ0v) is 7.49. The predicted molar refractivity (Wildman–Crippen MR) is 53.8 cm³/mol.